The molecule has 0 aliphatic heterocycles. The highest BCUT2D eigenvalue weighted by Gasteiger charge is 1.95. The molecule has 9 heavy (non-hydrogen) atoms. The van der Waals surface area contributed by atoms with E-state index in [1.54, 1.807) is 0 Å². The second-order valence-electron chi connectivity index (χ2n) is 2.67. The smallest absolute Gasteiger partial charge is 0.0169 e. The Morgan fingerprint density at radius 1 is 1.67 bits per heavy atom. The Morgan fingerprint density at radius 2 is 2.22 bits per heavy atom. The van der Waals surface area contributed by atoms with Crippen LogP contribution in [0, 0.1) is 5.92 Å². The zero-order valence-electron chi connectivity index (χ0n) is 6.70. The maximum atomic E-state index is 3.75. The Labute approximate surface area is 58.2 Å². The van der Waals surface area contributed by atoms with E-state index in [1.165, 1.54) is 6.42 Å². The minimum absolute atomic E-state index is 0.765. The van der Waals surface area contributed by atoms with Crippen LogP contribution in [0.2, 0.25) is 0 Å². The lowest BCUT2D eigenvalue weighted by Crippen LogP contribution is -2.17. The number of rotatable bonds is 4. The van der Waals surface area contributed by atoms with E-state index in [0.29, 0.717) is 0 Å². The second kappa shape index (κ2) is 4.42. The van der Waals surface area contributed by atoms with Gasteiger partial charge in [0.25, 0.3) is 0 Å². The fraction of sp³-hybridized carbons (Fsp3) is 0.750. The summed E-state index contributed by atoms with van der Waals surface area (Å²) in [6.07, 6.45) is 1.24. The molecule has 1 nitrogen and oxygen atoms in total. The molecule has 0 fully saturated rings. The maximum Gasteiger partial charge on any atom is 0.0169 e. The maximum absolute atomic E-state index is 3.75. The van der Waals surface area contributed by atoms with Crippen molar-refractivity contribution < 1.29 is 0 Å². The molecule has 0 saturated heterocycles. The molecule has 0 spiro atoms. The minimum atomic E-state index is 0.765. The van der Waals surface area contributed by atoms with Crippen LogP contribution in [0.25, 0.3) is 0 Å². The lowest BCUT2D eigenvalue weighted by atomic mass is 10.1. The van der Waals surface area contributed by atoms with Crippen LogP contribution in [0.3, 0.4) is 0 Å². The molecular formula is C8H17N. The first-order valence-corrected chi connectivity index (χ1v) is 3.56. The standard InChI is InChI=1S/C8H17N/c1-5-8(4)6-9-7(2)3/h8-9H,2,5-6H2,1,3-4H3. The van der Waals surface area contributed by atoms with Crippen LogP contribution in [0.1, 0.15) is 27.2 Å². The lowest BCUT2D eigenvalue weighted by Gasteiger charge is -2.09. The summed E-state index contributed by atoms with van der Waals surface area (Å²) in [4.78, 5) is 0. The third-order valence-corrected chi connectivity index (χ3v) is 1.45. The molecule has 1 heteroatoms. The molecule has 0 aliphatic carbocycles. The molecule has 0 amide bonds. The van der Waals surface area contributed by atoms with Crippen molar-refractivity contribution in [3.05, 3.63) is 12.3 Å². The molecule has 1 N–H and O–H groups in total. The molecular weight excluding hydrogens is 110 g/mol. The summed E-state index contributed by atoms with van der Waals surface area (Å²) in [7, 11) is 0. The highest BCUT2D eigenvalue weighted by atomic mass is 14.9. The summed E-state index contributed by atoms with van der Waals surface area (Å²) >= 11 is 0. The highest BCUT2D eigenvalue weighted by Crippen LogP contribution is 1.97. The molecule has 0 aromatic heterocycles. The van der Waals surface area contributed by atoms with Crippen molar-refractivity contribution in [2.75, 3.05) is 6.54 Å². The Hall–Kier alpha value is -0.460. The molecule has 0 saturated carbocycles. The Morgan fingerprint density at radius 3 is 2.56 bits per heavy atom. The van der Waals surface area contributed by atoms with Gasteiger partial charge in [0.1, 0.15) is 0 Å². The first-order chi connectivity index (χ1) is 4.16. The van der Waals surface area contributed by atoms with Gasteiger partial charge < -0.3 is 5.32 Å². The summed E-state index contributed by atoms with van der Waals surface area (Å²) < 4.78 is 0. The number of nitrogens with one attached hydrogen (secondary N) is 1. The summed E-state index contributed by atoms with van der Waals surface area (Å²) in [5.41, 5.74) is 1.07. The molecule has 1 unspecified atom stereocenters. The first-order valence-electron chi connectivity index (χ1n) is 3.56. The topological polar surface area (TPSA) is 12.0 Å². The van der Waals surface area contributed by atoms with Crippen LogP contribution >= 0.6 is 0 Å². The van der Waals surface area contributed by atoms with E-state index in [0.717, 1.165) is 18.2 Å². The van der Waals surface area contributed by atoms with E-state index in [4.69, 9.17) is 0 Å². The van der Waals surface area contributed by atoms with Crippen molar-refractivity contribution in [3.63, 3.8) is 0 Å². The SMILES string of the molecule is C=C(C)NCC(C)CC. The van der Waals surface area contributed by atoms with Gasteiger partial charge in [-0.15, -0.1) is 0 Å². The predicted molar refractivity (Wildman–Crippen MR) is 42.3 cm³/mol. The molecule has 0 aromatic carbocycles. The molecule has 0 radical (unpaired) electrons. The Kier molecular flexibility index (Phi) is 4.20. The van der Waals surface area contributed by atoms with Gasteiger partial charge >= 0.3 is 0 Å². The summed E-state index contributed by atoms with van der Waals surface area (Å²) in [6.45, 7) is 11.2. The Balaban J connectivity index is 3.16. The van der Waals surface area contributed by atoms with E-state index in [9.17, 15) is 0 Å². The number of allylic oxidation sites excluding steroid dienone is 1. The Bertz CT molecular complexity index is 86.6. The number of hydrogen-bond acceptors (Lipinski definition) is 1. The lowest BCUT2D eigenvalue weighted by molar-refractivity contribution is 0.530. The quantitative estimate of drug-likeness (QED) is 0.610. The van der Waals surface area contributed by atoms with Crippen molar-refractivity contribution >= 4 is 0 Å². The summed E-state index contributed by atoms with van der Waals surface area (Å²) in [5.74, 6) is 0.765. The van der Waals surface area contributed by atoms with Gasteiger partial charge in [0.15, 0.2) is 0 Å². The molecule has 0 aromatic rings. The van der Waals surface area contributed by atoms with E-state index in [-0.39, 0.29) is 0 Å². The van der Waals surface area contributed by atoms with Crippen LogP contribution in [0.15, 0.2) is 12.3 Å². The third kappa shape index (κ3) is 5.41. The van der Waals surface area contributed by atoms with Gasteiger partial charge in [-0.2, -0.15) is 0 Å². The van der Waals surface area contributed by atoms with Crippen molar-refractivity contribution in [1.29, 1.82) is 0 Å². The van der Waals surface area contributed by atoms with Gasteiger partial charge in [-0.25, -0.2) is 0 Å². The third-order valence-electron chi connectivity index (χ3n) is 1.45. The fourth-order valence-corrected chi connectivity index (χ4v) is 0.493. The van der Waals surface area contributed by atoms with Crippen LogP contribution in [0.5, 0.6) is 0 Å². The van der Waals surface area contributed by atoms with E-state index >= 15 is 0 Å². The van der Waals surface area contributed by atoms with Crippen molar-refractivity contribution in [2.45, 2.75) is 27.2 Å². The van der Waals surface area contributed by atoms with Gasteiger partial charge in [0.05, 0.1) is 0 Å². The molecule has 1 atom stereocenters. The van der Waals surface area contributed by atoms with E-state index in [2.05, 4.69) is 25.7 Å². The van der Waals surface area contributed by atoms with Gasteiger partial charge in [-0.05, 0) is 12.8 Å². The van der Waals surface area contributed by atoms with Crippen LogP contribution in [-0.4, -0.2) is 6.54 Å². The van der Waals surface area contributed by atoms with Gasteiger partial charge in [0, 0.05) is 12.2 Å². The average Bonchev–Trinajstić information content (AvgIpc) is 1.83. The summed E-state index contributed by atoms with van der Waals surface area (Å²) in [5, 5.41) is 3.20. The zero-order valence-corrected chi connectivity index (χ0v) is 6.70. The second-order valence-corrected chi connectivity index (χ2v) is 2.67. The predicted octanol–water partition coefficient (Wildman–Crippen LogP) is 2.16. The van der Waals surface area contributed by atoms with Crippen LogP contribution < -0.4 is 5.32 Å². The molecule has 0 rings (SSSR count). The minimum Gasteiger partial charge on any atom is -0.389 e. The fourth-order valence-electron chi connectivity index (χ4n) is 0.493. The van der Waals surface area contributed by atoms with Crippen molar-refractivity contribution in [3.8, 4) is 0 Å². The monoisotopic (exact) mass is 127 g/mol. The largest absolute Gasteiger partial charge is 0.389 e. The molecule has 0 heterocycles. The molecule has 0 aliphatic rings. The van der Waals surface area contributed by atoms with Gasteiger partial charge in [-0.1, -0.05) is 26.8 Å². The van der Waals surface area contributed by atoms with Crippen molar-refractivity contribution in [2.24, 2.45) is 5.92 Å². The molecule has 54 valence electrons. The highest BCUT2D eigenvalue weighted by molar-refractivity contribution is 4.84. The molecule has 0 bridgehead atoms. The van der Waals surface area contributed by atoms with Crippen LogP contribution in [-0.2, 0) is 0 Å². The van der Waals surface area contributed by atoms with Crippen molar-refractivity contribution in [1.82, 2.24) is 5.32 Å². The van der Waals surface area contributed by atoms with Gasteiger partial charge in [0.2, 0.25) is 0 Å². The normalized spacial score (nSPS) is 12.8. The van der Waals surface area contributed by atoms with Crippen LogP contribution in [0.4, 0.5) is 0 Å². The van der Waals surface area contributed by atoms with Gasteiger partial charge in [-0.3, -0.25) is 0 Å². The zero-order chi connectivity index (χ0) is 7.28. The van der Waals surface area contributed by atoms with E-state index < -0.39 is 0 Å². The average molecular weight is 127 g/mol. The summed E-state index contributed by atoms with van der Waals surface area (Å²) in [6, 6.07) is 0. The number of hydrogen-bond donors (Lipinski definition) is 1. The van der Waals surface area contributed by atoms with E-state index in [1.807, 2.05) is 6.92 Å². The first kappa shape index (κ1) is 8.54.